The molecule has 100 valence electrons. The van der Waals surface area contributed by atoms with E-state index >= 15 is 0 Å². The number of pyridine rings is 1. The Bertz CT molecular complexity index is 365. The van der Waals surface area contributed by atoms with Crippen molar-refractivity contribution in [3.8, 4) is 0 Å². The van der Waals surface area contributed by atoms with E-state index in [1.54, 1.807) is 0 Å². The Kier molecular flexibility index (Phi) is 4.85. The van der Waals surface area contributed by atoms with Crippen LogP contribution in [0.25, 0.3) is 0 Å². The molecule has 1 heterocycles. The first-order valence-electron chi connectivity index (χ1n) is 7.25. The molecule has 3 nitrogen and oxygen atoms in total. The van der Waals surface area contributed by atoms with E-state index in [0.29, 0.717) is 6.04 Å². The predicted octanol–water partition coefficient (Wildman–Crippen LogP) is 3.89. The Labute approximate surface area is 110 Å². The number of hydrogen-bond acceptors (Lipinski definition) is 3. The molecule has 1 saturated carbocycles. The van der Waals surface area contributed by atoms with Gasteiger partial charge < -0.3 is 10.6 Å². The lowest BCUT2D eigenvalue weighted by molar-refractivity contribution is 0.349. The van der Waals surface area contributed by atoms with Gasteiger partial charge in [-0.05, 0) is 31.2 Å². The van der Waals surface area contributed by atoms with Crippen molar-refractivity contribution in [2.75, 3.05) is 17.2 Å². The molecule has 1 fully saturated rings. The van der Waals surface area contributed by atoms with Crippen LogP contribution in [0.15, 0.2) is 18.5 Å². The van der Waals surface area contributed by atoms with Crippen molar-refractivity contribution in [1.82, 2.24) is 4.98 Å². The van der Waals surface area contributed by atoms with Crippen LogP contribution in [0.3, 0.4) is 0 Å². The first-order chi connectivity index (χ1) is 8.79. The SMILES string of the molecule is CCCNc1cncc(NC2CCCCC2C)c1. The van der Waals surface area contributed by atoms with E-state index in [1.165, 1.54) is 25.7 Å². The summed E-state index contributed by atoms with van der Waals surface area (Å²) in [5, 5.41) is 7.03. The third-order valence-electron chi connectivity index (χ3n) is 3.78. The van der Waals surface area contributed by atoms with Gasteiger partial charge in [-0.2, -0.15) is 0 Å². The largest absolute Gasteiger partial charge is 0.384 e. The van der Waals surface area contributed by atoms with Crippen LogP contribution in [0.4, 0.5) is 11.4 Å². The quantitative estimate of drug-likeness (QED) is 0.828. The summed E-state index contributed by atoms with van der Waals surface area (Å²) in [4.78, 5) is 4.30. The Morgan fingerprint density at radius 2 is 2.00 bits per heavy atom. The molecule has 2 unspecified atom stereocenters. The molecule has 1 aliphatic carbocycles. The van der Waals surface area contributed by atoms with Crippen molar-refractivity contribution >= 4 is 11.4 Å². The van der Waals surface area contributed by atoms with Crippen LogP contribution < -0.4 is 10.6 Å². The van der Waals surface area contributed by atoms with Gasteiger partial charge in [0.1, 0.15) is 0 Å². The average molecular weight is 247 g/mol. The van der Waals surface area contributed by atoms with Crippen LogP contribution in [-0.4, -0.2) is 17.6 Å². The number of nitrogens with one attached hydrogen (secondary N) is 2. The van der Waals surface area contributed by atoms with Crippen molar-refractivity contribution in [2.24, 2.45) is 5.92 Å². The number of hydrogen-bond donors (Lipinski definition) is 2. The van der Waals surface area contributed by atoms with Crippen LogP contribution in [0, 0.1) is 5.92 Å². The third kappa shape index (κ3) is 3.62. The van der Waals surface area contributed by atoms with Gasteiger partial charge >= 0.3 is 0 Å². The normalized spacial score (nSPS) is 23.7. The fourth-order valence-electron chi connectivity index (χ4n) is 2.63. The van der Waals surface area contributed by atoms with Crippen molar-refractivity contribution in [2.45, 2.75) is 52.0 Å². The molecule has 18 heavy (non-hydrogen) atoms. The summed E-state index contributed by atoms with van der Waals surface area (Å²) in [6.07, 6.45) is 10.3. The Morgan fingerprint density at radius 3 is 2.78 bits per heavy atom. The lowest BCUT2D eigenvalue weighted by atomic mass is 9.86. The fourth-order valence-corrected chi connectivity index (χ4v) is 2.63. The molecular formula is C15H25N3. The van der Waals surface area contributed by atoms with Crippen molar-refractivity contribution in [3.05, 3.63) is 18.5 Å². The van der Waals surface area contributed by atoms with Crippen LogP contribution in [0.5, 0.6) is 0 Å². The summed E-state index contributed by atoms with van der Waals surface area (Å²) in [5.41, 5.74) is 2.26. The maximum atomic E-state index is 4.30. The van der Waals surface area contributed by atoms with E-state index in [9.17, 15) is 0 Å². The Hall–Kier alpha value is -1.25. The number of rotatable bonds is 5. The minimum Gasteiger partial charge on any atom is -0.384 e. The summed E-state index contributed by atoms with van der Waals surface area (Å²) < 4.78 is 0. The molecule has 0 saturated heterocycles. The summed E-state index contributed by atoms with van der Waals surface area (Å²) in [5.74, 6) is 0.769. The summed E-state index contributed by atoms with van der Waals surface area (Å²) in [6.45, 7) is 5.53. The van der Waals surface area contributed by atoms with E-state index in [-0.39, 0.29) is 0 Å². The van der Waals surface area contributed by atoms with Crippen molar-refractivity contribution in [1.29, 1.82) is 0 Å². The fraction of sp³-hybridized carbons (Fsp3) is 0.667. The van der Waals surface area contributed by atoms with Crippen LogP contribution in [0.1, 0.15) is 46.0 Å². The number of aromatic nitrogens is 1. The van der Waals surface area contributed by atoms with E-state index < -0.39 is 0 Å². The van der Waals surface area contributed by atoms with Gasteiger partial charge in [-0.3, -0.25) is 4.98 Å². The van der Waals surface area contributed by atoms with Crippen LogP contribution in [-0.2, 0) is 0 Å². The molecule has 0 amide bonds. The molecule has 3 heteroatoms. The second kappa shape index (κ2) is 6.62. The number of nitrogens with zero attached hydrogens (tertiary/aromatic N) is 1. The maximum absolute atomic E-state index is 4.30. The molecule has 1 aromatic heterocycles. The smallest absolute Gasteiger partial charge is 0.0549 e. The average Bonchev–Trinajstić information content (AvgIpc) is 2.40. The second-order valence-electron chi connectivity index (χ2n) is 5.40. The van der Waals surface area contributed by atoms with Gasteiger partial charge in [-0.15, -0.1) is 0 Å². The van der Waals surface area contributed by atoms with Crippen LogP contribution in [0.2, 0.25) is 0 Å². The molecule has 0 radical (unpaired) electrons. The Balaban J connectivity index is 1.95. The molecule has 2 N–H and O–H groups in total. The van der Waals surface area contributed by atoms with E-state index in [1.807, 2.05) is 12.4 Å². The van der Waals surface area contributed by atoms with Gasteiger partial charge in [-0.1, -0.05) is 26.7 Å². The zero-order chi connectivity index (χ0) is 12.8. The van der Waals surface area contributed by atoms with Gasteiger partial charge in [-0.25, -0.2) is 0 Å². The Morgan fingerprint density at radius 1 is 1.22 bits per heavy atom. The summed E-state index contributed by atoms with van der Waals surface area (Å²) >= 11 is 0. The molecule has 1 aromatic rings. The monoisotopic (exact) mass is 247 g/mol. The lowest BCUT2D eigenvalue weighted by Crippen LogP contribution is -2.30. The lowest BCUT2D eigenvalue weighted by Gasteiger charge is -2.30. The molecule has 0 aliphatic heterocycles. The molecule has 0 spiro atoms. The standard InChI is InChI=1S/C15H25N3/c1-3-8-17-13-9-14(11-16-10-13)18-15-7-5-4-6-12(15)2/h9-12,15,17-18H,3-8H2,1-2H3. The predicted molar refractivity (Wildman–Crippen MR) is 78.1 cm³/mol. The third-order valence-corrected chi connectivity index (χ3v) is 3.78. The highest BCUT2D eigenvalue weighted by atomic mass is 15.0. The molecule has 2 rings (SSSR count). The van der Waals surface area contributed by atoms with Crippen molar-refractivity contribution in [3.63, 3.8) is 0 Å². The molecule has 2 atom stereocenters. The van der Waals surface area contributed by atoms with Crippen molar-refractivity contribution < 1.29 is 0 Å². The first-order valence-corrected chi connectivity index (χ1v) is 7.25. The highest BCUT2D eigenvalue weighted by molar-refractivity contribution is 5.54. The topological polar surface area (TPSA) is 37.0 Å². The maximum Gasteiger partial charge on any atom is 0.0549 e. The van der Waals surface area contributed by atoms with Gasteiger partial charge in [0.15, 0.2) is 0 Å². The van der Waals surface area contributed by atoms with Gasteiger partial charge in [0.25, 0.3) is 0 Å². The van der Waals surface area contributed by atoms with Crippen LogP contribution >= 0.6 is 0 Å². The first kappa shape index (κ1) is 13.2. The van der Waals surface area contributed by atoms with E-state index in [0.717, 1.165) is 30.3 Å². The van der Waals surface area contributed by atoms with Gasteiger partial charge in [0.05, 0.1) is 23.8 Å². The minimum atomic E-state index is 0.613. The number of anilines is 2. The highest BCUT2D eigenvalue weighted by Gasteiger charge is 2.20. The molecular weight excluding hydrogens is 222 g/mol. The zero-order valence-electron chi connectivity index (χ0n) is 11.6. The van der Waals surface area contributed by atoms with Gasteiger partial charge in [0, 0.05) is 12.6 Å². The molecule has 0 aromatic carbocycles. The minimum absolute atomic E-state index is 0.613. The summed E-state index contributed by atoms with van der Waals surface area (Å²) in [7, 11) is 0. The second-order valence-corrected chi connectivity index (χ2v) is 5.40. The van der Waals surface area contributed by atoms with Gasteiger partial charge in [0.2, 0.25) is 0 Å². The zero-order valence-corrected chi connectivity index (χ0v) is 11.6. The summed E-state index contributed by atoms with van der Waals surface area (Å²) in [6, 6.07) is 2.78. The highest BCUT2D eigenvalue weighted by Crippen LogP contribution is 2.27. The molecule has 1 aliphatic rings. The van der Waals surface area contributed by atoms with E-state index in [4.69, 9.17) is 0 Å². The van der Waals surface area contributed by atoms with E-state index in [2.05, 4.69) is 35.5 Å². The molecule has 0 bridgehead atoms.